The van der Waals surface area contributed by atoms with Gasteiger partial charge in [0.25, 0.3) is 0 Å². The molecule has 2 aliphatic rings. The van der Waals surface area contributed by atoms with Crippen molar-refractivity contribution >= 4 is 17.6 Å². The summed E-state index contributed by atoms with van der Waals surface area (Å²) in [6.45, 7) is -0.701. The third kappa shape index (κ3) is 2.76. The Kier molecular flexibility index (Phi) is 3.91. The molecule has 2 bridgehead atoms. The number of fused-ring (bicyclic) bond motifs is 5. The largest absolute Gasteiger partial charge is 0.478 e. The van der Waals surface area contributed by atoms with Crippen molar-refractivity contribution in [3.63, 3.8) is 0 Å². The van der Waals surface area contributed by atoms with Gasteiger partial charge < -0.3 is 5.11 Å². The normalized spacial score (nSPS) is 21.4. The predicted molar refractivity (Wildman–Crippen MR) is 93.0 cm³/mol. The molecule has 0 radical (unpaired) electrons. The van der Waals surface area contributed by atoms with Gasteiger partial charge >= 0.3 is 5.97 Å². The molecule has 25 heavy (non-hydrogen) atoms. The van der Waals surface area contributed by atoms with Crippen LogP contribution in [0.3, 0.4) is 0 Å². The number of rotatable bonds is 4. The Labute approximate surface area is 144 Å². The highest BCUT2D eigenvalue weighted by Crippen LogP contribution is 2.53. The fraction of sp³-hybridized carbons (Fsp3) is 0.286. The molecular formula is C21H18F2O2. The van der Waals surface area contributed by atoms with Gasteiger partial charge in [0, 0.05) is 5.56 Å². The van der Waals surface area contributed by atoms with Gasteiger partial charge in [-0.25, -0.2) is 13.6 Å². The molecule has 0 heterocycles. The molecule has 2 aromatic rings. The summed E-state index contributed by atoms with van der Waals surface area (Å²) in [7, 11) is 0. The smallest absolute Gasteiger partial charge is 0.335 e. The van der Waals surface area contributed by atoms with Gasteiger partial charge in [0.1, 0.15) is 12.5 Å². The average Bonchev–Trinajstić information content (AvgIpc) is 3.22. The van der Waals surface area contributed by atoms with Crippen LogP contribution in [-0.2, 0) is 0 Å². The molecule has 0 aromatic heterocycles. The zero-order chi connectivity index (χ0) is 17.6. The molecule has 2 aliphatic carbocycles. The summed E-state index contributed by atoms with van der Waals surface area (Å²) in [4.78, 5) is 10.9. The van der Waals surface area contributed by atoms with Crippen molar-refractivity contribution in [1.82, 2.24) is 0 Å². The summed E-state index contributed by atoms with van der Waals surface area (Å²) in [5.74, 6) is -0.625. The van der Waals surface area contributed by atoms with Gasteiger partial charge in [-0.3, -0.25) is 0 Å². The first-order valence-electron chi connectivity index (χ1n) is 8.50. The standard InChI is InChI=1S/C21H18F2O2/c22-11-17(8-15-3-4-16(21(24)25)10-20(15)23)12-5-6-18-13-1-2-14(7-13)19(18)9-12/h3-6,8-10,13-14H,1-2,7,11H2,(H,24,25)/b17-8-. The average molecular weight is 340 g/mol. The Hall–Kier alpha value is -2.49. The monoisotopic (exact) mass is 340 g/mol. The SMILES string of the molecule is O=C(O)c1ccc(/C=C(/CF)c2ccc3c(c2)C2CCC3C2)c(F)c1. The molecule has 0 amide bonds. The van der Waals surface area contributed by atoms with E-state index in [1.54, 1.807) is 0 Å². The second kappa shape index (κ2) is 6.10. The van der Waals surface area contributed by atoms with Gasteiger partial charge in [-0.05, 0) is 71.6 Å². The minimum atomic E-state index is -1.19. The van der Waals surface area contributed by atoms with Crippen LogP contribution in [0.15, 0.2) is 36.4 Å². The summed E-state index contributed by atoms with van der Waals surface area (Å²) in [5.41, 5.74) is 3.96. The maximum atomic E-state index is 14.1. The maximum Gasteiger partial charge on any atom is 0.335 e. The zero-order valence-electron chi connectivity index (χ0n) is 13.6. The number of alkyl halides is 1. The lowest BCUT2D eigenvalue weighted by atomic mass is 9.89. The van der Waals surface area contributed by atoms with E-state index in [1.807, 2.05) is 12.1 Å². The molecule has 0 saturated heterocycles. The molecule has 2 atom stereocenters. The molecule has 0 aliphatic heterocycles. The molecule has 2 aromatic carbocycles. The second-order valence-electron chi connectivity index (χ2n) is 6.90. The third-order valence-electron chi connectivity index (χ3n) is 5.49. The summed E-state index contributed by atoms with van der Waals surface area (Å²) in [6, 6.07) is 9.72. The number of carboxylic acid groups (broad SMARTS) is 1. The quantitative estimate of drug-likeness (QED) is 0.757. The Bertz CT molecular complexity index is 885. The topological polar surface area (TPSA) is 37.3 Å². The van der Waals surface area contributed by atoms with Crippen LogP contribution in [0.1, 0.15) is 63.7 Å². The van der Waals surface area contributed by atoms with E-state index in [1.165, 1.54) is 48.6 Å². The van der Waals surface area contributed by atoms with Crippen LogP contribution in [-0.4, -0.2) is 17.8 Å². The molecular weight excluding hydrogens is 322 g/mol. The summed E-state index contributed by atoms with van der Waals surface area (Å²) >= 11 is 0. The van der Waals surface area contributed by atoms with Crippen LogP contribution in [0.2, 0.25) is 0 Å². The van der Waals surface area contributed by atoms with E-state index in [4.69, 9.17) is 5.11 Å². The van der Waals surface area contributed by atoms with Crippen molar-refractivity contribution in [3.8, 4) is 0 Å². The van der Waals surface area contributed by atoms with Crippen LogP contribution >= 0.6 is 0 Å². The van der Waals surface area contributed by atoms with E-state index in [0.717, 1.165) is 11.6 Å². The second-order valence-corrected chi connectivity index (χ2v) is 6.90. The lowest BCUT2D eigenvalue weighted by Gasteiger charge is -2.16. The van der Waals surface area contributed by atoms with Crippen LogP contribution in [0.5, 0.6) is 0 Å². The fourth-order valence-corrected chi connectivity index (χ4v) is 4.21. The summed E-state index contributed by atoms with van der Waals surface area (Å²) < 4.78 is 27.8. The summed E-state index contributed by atoms with van der Waals surface area (Å²) in [5, 5.41) is 8.91. The first kappa shape index (κ1) is 16.0. The third-order valence-corrected chi connectivity index (χ3v) is 5.49. The Balaban J connectivity index is 1.70. The minimum Gasteiger partial charge on any atom is -0.478 e. The van der Waals surface area contributed by atoms with Gasteiger partial charge in [0.05, 0.1) is 5.56 Å². The number of benzene rings is 2. The Morgan fingerprint density at radius 2 is 1.80 bits per heavy atom. The molecule has 2 unspecified atom stereocenters. The van der Waals surface area contributed by atoms with Gasteiger partial charge in [0.15, 0.2) is 0 Å². The van der Waals surface area contributed by atoms with E-state index >= 15 is 0 Å². The Morgan fingerprint density at radius 1 is 1.08 bits per heavy atom. The number of hydrogen-bond donors (Lipinski definition) is 1. The van der Waals surface area contributed by atoms with E-state index in [9.17, 15) is 13.6 Å². The highest BCUT2D eigenvalue weighted by atomic mass is 19.1. The van der Waals surface area contributed by atoms with Crippen molar-refractivity contribution in [2.24, 2.45) is 0 Å². The number of hydrogen-bond acceptors (Lipinski definition) is 1. The molecule has 1 N–H and O–H groups in total. The molecule has 0 spiro atoms. The molecule has 2 nitrogen and oxygen atoms in total. The number of aromatic carboxylic acids is 1. The summed E-state index contributed by atoms with van der Waals surface area (Å²) in [6.07, 6.45) is 5.10. The molecule has 1 fully saturated rings. The lowest BCUT2D eigenvalue weighted by Crippen LogP contribution is -2.00. The van der Waals surface area contributed by atoms with Crippen molar-refractivity contribution in [2.45, 2.75) is 31.1 Å². The number of carboxylic acids is 1. The van der Waals surface area contributed by atoms with Crippen molar-refractivity contribution in [2.75, 3.05) is 6.67 Å². The molecule has 4 heteroatoms. The highest BCUT2D eigenvalue weighted by molar-refractivity contribution is 5.89. The molecule has 128 valence electrons. The van der Waals surface area contributed by atoms with Crippen LogP contribution in [0, 0.1) is 5.82 Å². The van der Waals surface area contributed by atoms with E-state index in [-0.39, 0.29) is 11.1 Å². The van der Waals surface area contributed by atoms with Crippen molar-refractivity contribution < 1.29 is 18.7 Å². The van der Waals surface area contributed by atoms with Gasteiger partial charge in [-0.15, -0.1) is 0 Å². The Morgan fingerprint density at radius 3 is 2.48 bits per heavy atom. The first-order chi connectivity index (χ1) is 12.1. The van der Waals surface area contributed by atoms with Crippen molar-refractivity contribution in [1.29, 1.82) is 0 Å². The molecule has 4 rings (SSSR count). The van der Waals surface area contributed by atoms with Gasteiger partial charge in [-0.1, -0.05) is 24.3 Å². The van der Waals surface area contributed by atoms with Crippen LogP contribution < -0.4 is 0 Å². The van der Waals surface area contributed by atoms with E-state index < -0.39 is 18.5 Å². The number of allylic oxidation sites excluding steroid dienone is 1. The van der Waals surface area contributed by atoms with Crippen LogP contribution in [0.4, 0.5) is 8.78 Å². The van der Waals surface area contributed by atoms with E-state index in [2.05, 4.69) is 6.07 Å². The highest BCUT2D eigenvalue weighted by Gasteiger charge is 2.36. The number of carbonyl (C=O) groups is 1. The maximum absolute atomic E-state index is 14.1. The first-order valence-corrected chi connectivity index (χ1v) is 8.50. The fourth-order valence-electron chi connectivity index (χ4n) is 4.21. The zero-order valence-corrected chi connectivity index (χ0v) is 13.6. The number of halogens is 2. The van der Waals surface area contributed by atoms with Crippen molar-refractivity contribution in [3.05, 3.63) is 70.0 Å². The van der Waals surface area contributed by atoms with Gasteiger partial charge in [-0.2, -0.15) is 0 Å². The predicted octanol–water partition coefficient (Wildman–Crippen LogP) is 5.40. The molecule has 1 saturated carbocycles. The van der Waals surface area contributed by atoms with E-state index in [0.29, 0.717) is 17.4 Å². The minimum absolute atomic E-state index is 0.120. The van der Waals surface area contributed by atoms with Crippen LogP contribution in [0.25, 0.3) is 11.6 Å². The lowest BCUT2D eigenvalue weighted by molar-refractivity contribution is 0.0696. The van der Waals surface area contributed by atoms with Gasteiger partial charge in [0.2, 0.25) is 0 Å².